The van der Waals surface area contributed by atoms with Crippen LogP contribution in [0.15, 0.2) is 4.40 Å². The molecule has 4 nitrogen and oxygen atoms in total. The van der Waals surface area contributed by atoms with Gasteiger partial charge in [0.1, 0.15) is 11.0 Å². The number of ether oxygens (including phenoxy) is 2. The van der Waals surface area contributed by atoms with Crippen LogP contribution in [0.5, 0.6) is 0 Å². The molecule has 0 saturated carbocycles. The SMILES string of the molecule is C/C(CCCC1OCCO1)=N\[S@](=O)C(C)(C)C. The van der Waals surface area contributed by atoms with E-state index in [4.69, 9.17) is 9.47 Å². The molecule has 0 aromatic rings. The van der Waals surface area contributed by atoms with Crippen molar-refractivity contribution >= 4 is 16.7 Å². The van der Waals surface area contributed by atoms with Crippen molar-refractivity contribution in [1.82, 2.24) is 0 Å². The Kier molecular flexibility index (Phi) is 5.76. The van der Waals surface area contributed by atoms with Gasteiger partial charge in [-0.05, 0) is 47.0 Å². The highest BCUT2D eigenvalue weighted by molar-refractivity contribution is 7.85. The van der Waals surface area contributed by atoms with Crippen LogP contribution in [0.4, 0.5) is 0 Å². The third kappa shape index (κ3) is 5.75. The van der Waals surface area contributed by atoms with Crippen LogP contribution in [-0.4, -0.2) is 34.2 Å². The van der Waals surface area contributed by atoms with Gasteiger partial charge in [0.05, 0.1) is 18.0 Å². The Morgan fingerprint density at radius 2 is 1.94 bits per heavy atom. The van der Waals surface area contributed by atoms with Gasteiger partial charge >= 0.3 is 0 Å². The lowest BCUT2D eigenvalue weighted by molar-refractivity contribution is -0.0473. The summed E-state index contributed by atoms with van der Waals surface area (Å²) in [6, 6.07) is 0. The molecule has 5 heteroatoms. The summed E-state index contributed by atoms with van der Waals surface area (Å²) in [6.45, 7) is 9.12. The van der Waals surface area contributed by atoms with Crippen molar-refractivity contribution in [3.05, 3.63) is 0 Å². The number of nitrogens with zero attached hydrogens (tertiary/aromatic N) is 1. The van der Waals surface area contributed by atoms with Crippen LogP contribution in [0.1, 0.15) is 47.0 Å². The maximum Gasteiger partial charge on any atom is 0.157 e. The molecule has 1 atom stereocenters. The van der Waals surface area contributed by atoms with E-state index in [1.165, 1.54) is 0 Å². The first-order valence-corrected chi connectivity index (χ1v) is 7.19. The average Bonchev–Trinajstić information content (AvgIpc) is 2.69. The van der Waals surface area contributed by atoms with Crippen molar-refractivity contribution in [2.75, 3.05) is 13.2 Å². The molecule has 0 aliphatic carbocycles. The van der Waals surface area contributed by atoms with Crippen molar-refractivity contribution in [2.45, 2.75) is 58.0 Å². The molecule has 1 fully saturated rings. The lowest BCUT2D eigenvalue weighted by Gasteiger charge is -2.14. The second-order valence-electron chi connectivity index (χ2n) is 5.25. The topological polar surface area (TPSA) is 47.9 Å². The fraction of sp³-hybridized carbons (Fsp3) is 0.917. The van der Waals surface area contributed by atoms with Crippen molar-refractivity contribution in [2.24, 2.45) is 4.40 Å². The van der Waals surface area contributed by atoms with Gasteiger partial charge in [-0.1, -0.05) is 0 Å². The highest BCUT2D eigenvalue weighted by Gasteiger charge is 2.19. The normalized spacial score (nSPS) is 20.8. The predicted molar refractivity (Wildman–Crippen MR) is 70.5 cm³/mol. The van der Waals surface area contributed by atoms with Gasteiger partial charge in [0, 0.05) is 5.71 Å². The summed E-state index contributed by atoms with van der Waals surface area (Å²) in [6.07, 6.45) is 2.65. The zero-order valence-corrected chi connectivity index (χ0v) is 12.0. The Balaban J connectivity index is 2.26. The van der Waals surface area contributed by atoms with Crippen LogP contribution < -0.4 is 0 Å². The van der Waals surface area contributed by atoms with E-state index in [0.29, 0.717) is 13.2 Å². The molecule has 1 aliphatic heterocycles. The van der Waals surface area contributed by atoms with Gasteiger partial charge in [-0.15, -0.1) is 0 Å². The molecule has 0 aromatic carbocycles. The lowest BCUT2D eigenvalue weighted by atomic mass is 10.2. The lowest BCUT2D eigenvalue weighted by Crippen LogP contribution is -2.20. The third-order valence-electron chi connectivity index (χ3n) is 2.43. The van der Waals surface area contributed by atoms with E-state index in [9.17, 15) is 4.21 Å². The van der Waals surface area contributed by atoms with Crippen molar-refractivity contribution in [1.29, 1.82) is 0 Å². The van der Waals surface area contributed by atoms with Crippen LogP contribution in [0.25, 0.3) is 0 Å². The molecule has 1 rings (SSSR count). The van der Waals surface area contributed by atoms with E-state index in [0.717, 1.165) is 25.0 Å². The van der Waals surface area contributed by atoms with E-state index < -0.39 is 11.0 Å². The van der Waals surface area contributed by atoms with Crippen LogP contribution in [0.3, 0.4) is 0 Å². The molecule has 0 unspecified atom stereocenters. The fourth-order valence-corrected chi connectivity index (χ4v) is 2.07. The Morgan fingerprint density at radius 1 is 1.35 bits per heavy atom. The maximum atomic E-state index is 11.8. The molecule has 0 spiro atoms. The van der Waals surface area contributed by atoms with Gasteiger partial charge < -0.3 is 9.47 Å². The highest BCUT2D eigenvalue weighted by Crippen LogP contribution is 2.15. The summed E-state index contributed by atoms with van der Waals surface area (Å²) >= 11 is 0. The van der Waals surface area contributed by atoms with Gasteiger partial charge in [0.25, 0.3) is 0 Å². The highest BCUT2D eigenvalue weighted by atomic mass is 32.2. The monoisotopic (exact) mass is 261 g/mol. The zero-order chi connectivity index (χ0) is 12.9. The van der Waals surface area contributed by atoms with Gasteiger partial charge in [0.15, 0.2) is 6.29 Å². The smallest absolute Gasteiger partial charge is 0.157 e. The van der Waals surface area contributed by atoms with Crippen molar-refractivity contribution in [3.63, 3.8) is 0 Å². The van der Waals surface area contributed by atoms with E-state index in [1.54, 1.807) is 0 Å². The maximum absolute atomic E-state index is 11.8. The second kappa shape index (κ2) is 6.61. The minimum atomic E-state index is -1.15. The predicted octanol–water partition coefficient (Wildman–Crippen LogP) is 2.45. The summed E-state index contributed by atoms with van der Waals surface area (Å²) in [7, 11) is -1.15. The standard InChI is InChI=1S/C12H23NO3S/c1-10(13-17(14)12(2,3)4)6-5-7-11-15-8-9-16-11/h11H,5-9H2,1-4H3/b13-10+/t17-/m1/s1. The van der Waals surface area contributed by atoms with Gasteiger partial charge in [-0.3, -0.25) is 0 Å². The number of hydrogen-bond donors (Lipinski definition) is 0. The van der Waals surface area contributed by atoms with E-state index in [2.05, 4.69) is 4.40 Å². The quantitative estimate of drug-likeness (QED) is 0.714. The summed E-state index contributed by atoms with van der Waals surface area (Å²) in [4.78, 5) is 0. The van der Waals surface area contributed by atoms with Crippen molar-refractivity contribution < 1.29 is 13.7 Å². The first-order chi connectivity index (χ1) is 7.89. The fourth-order valence-electron chi connectivity index (χ4n) is 1.42. The van der Waals surface area contributed by atoms with E-state index in [-0.39, 0.29) is 11.0 Å². The van der Waals surface area contributed by atoms with Crippen LogP contribution >= 0.6 is 0 Å². The van der Waals surface area contributed by atoms with E-state index >= 15 is 0 Å². The average molecular weight is 261 g/mol. The number of rotatable bonds is 5. The van der Waals surface area contributed by atoms with Crippen molar-refractivity contribution in [3.8, 4) is 0 Å². The van der Waals surface area contributed by atoms with E-state index in [1.807, 2.05) is 27.7 Å². The first kappa shape index (κ1) is 14.8. The molecular formula is C12H23NO3S. The summed E-state index contributed by atoms with van der Waals surface area (Å²) in [5.74, 6) is 0. The Hall–Kier alpha value is -0.260. The first-order valence-electron chi connectivity index (χ1n) is 6.09. The Morgan fingerprint density at radius 3 is 2.47 bits per heavy atom. The molecule has 17 heavy (non-hydrogen) atoms. The molecular weight excluding hydrogens is 238 g/mol. The van der Waals surface area contributed by atoms with Crippen LogP contribution in [0, 0.1) is 0 Å². The largest absolute Gasteiger partial charge is 0.350 e. The summed E-state index contributed by atoms with van der Waals surface area (Å²) in [5.41, 5.74) is 0.941. The summed E-state index contributed by atoms with van der Waals surface area (Å²) in [5, 5.41) is 0. The van der Waals surface area contributed by atoms with Crippen LogP contribution in [0.2, 0.25) is 0 Å². The molecule has 100 valence electrons. The second-order valence-corrected chi connectivity index (χ2v) is 7.16. The minimum absolute atomic E-state index is 0.0455. The van der Waals surface area contributed by atoms with Gasteiger partial charge in [-0.2, -0.15) is 4.40 Å². The molecule has 1 aliphatic rings. The molecule has 0 aromatic heterocycles. The Bertz CT molecular complexity index is 291. The van der Waals surface area contributed by atoms with Gasteiger partial charge in [0.2, 0.25) is 0 Å². The molecule has 0 radical (unpaired) electrons. The number of hydrogen-bond acceptors (Lipinski definition) is 3. The third-order valence-corrected chi connectivity index (χ3v) is 3.96. The molecule has 0 bridgehead atoms. The molecule has 0 amide bonds. The van der Waals surface area contributed by atoms with Gasteiger partial charge in [-0.25, -0.2) is 4.21 Å². The molecule has 1 heterocycles. The molecule has 1 saturated heterocycles. The Labute approximate surface area is 106 Å². The minimum Gasteiger partial charge on any atom is -0.350 e. The van der Waals surface area contributed by atoms with Crippen LogP contribution in [-0.2, 0) is 20.5 Å². The zero-order valence-electron chi connectivity index (χ0n) is 11.2. The summed E-state index contributed by atoms with van der Waals surface area (Å²) < 4.78 is 26.4. The molecule has 0 N–H and O–H groups in total.